The predicted octanol–water partition coefficient (Wildman–Crippen LogP) is 1.91. The molecule has 26 heavy (non-hydrogen) atoms. The van der Waals surface area contributed by atoms with Crippen LogP contribution in [0, 0.1) is 0 Å². The van der Waals surface area contributed by atoms with Gasteiger partial charge in [-0.3, -0.25) is 9.35 Å². The summed E-state index contributed by atoms with van der Waals surface area (Å²) in [7, 11) is -4.09. The van der Waals surface area contributed by atoms with Crippen molar-refractivity contribution < 1.29 is 22.5 Å². The first-order valence-corrected chi connectivity index (χ1v) is 10.3. The van der Waals surface area contributed by atoms with Crippen LogP contribution in [0.4, 0.5) is 0 Å². The van der Waals surface area contributed by atoms with Crippen molar-refractivity contribution in [3.63, 3.8) is 0 Å². The Bertz CT molecular complexity index is 934. The van der Waals surface area contributed by atoms with E-state index in [0.29, 0.717) is 6.61 Å². The van der Waals surface area contributed by atoms with Gasteiger partial charge in [-0.15, -0.1) is 0 Å². The van der Waals surface area contributed by atoms with Crippen LogP contribution in [-0.4, -0.2) is 42.8 Å². The van der Waals surface area contributed by atoms with Crippen molar-refractivity contribution in [3.05, 3.63) is 35.0 Å². The summed E-state index contributed by atoms with van der Waals surface area (Å²) in [5.41, 5.74) is 3.58. The van der Waals surface area contributed by atoms with Crippen LogP contribution in [0.1, 0.15) is 37.1 Å². The lowest BCUT2D eigenvalue weighted by Crippen LogP contribution is -2.39. The number of aromatic amines is 1. The highest BCUT2D eigenvalue weighted by Gasteiger charge is 2.38. The Morgan fingerprint density at radius 3 is 2.88 bits per heavy atom. The first-order chi connectivity index (χ1) is 12.2. The molecule has 1 aromatic heterocycles. The Morgan fingerprint density at radius 1 is 1.42 bits per heavy atom. The van der Waals surface area contributed by atoms with Gasteiger partial charge in [0.15, 0.2) is 0 Å². The molecule has 1 unspecified atom stereocenters. The Labute approximate surface area is 152 Å². The first-order valence-electron chi connectivity index (χ1n) is 8.72. The number of carbonyl (C=O) groups is 1. The zero-order chi connectivity index (χ0) is 18.9. The Kier molecular flexibility index (Phi) is 5.09. The molecule has 0 fully saturated rings. The maximum atomic E-state index is 12.3. The van der Waals surface area contributed by atoms with Gasteiger partial charge >= 0.3 is 0 Å². The van der Waals surface area contributed by atoms with Gasteiger partial charge in [-0.1, -0.05) is 25.1 Å². The second-order valence-electron chi connectivity index (χ2n) is 6.81. The smallest absolute Gasteiger partial charge is 0.266 e. The molecule has 0 bridgehead atoms. The number of hydrogen-bond acceptors (Lipinski definition) is 4. The molecule has 0 radical (unpaired) electrons. The summed E-state index contributed by atoms with van der Waals surface area (Å²) in [4.78, 5) is 15.7. The molecular formula is C18H24N2O5S. The van der Waals surface area contributed by atoms with Gasteiger partial charge in [0.1, 0.15) is 5.60 Å². The predicted molar refractivity (Wildman–Crippen MR) is 98.7 cm³/mol. The molecule has 1 atom stereocenters. The highest BCUT2D eigenvalue weighted by Crippen LogP contribution is 2.39. The Morgan fingerprint density at radius 2 is 2.19 bits per heavy atom. The number of aromatic nitrogens is 1. The van der Waals surface area contributed by atoms with E-state index >= 15 is 0 Å². The summed E-state index contributed by atoms with van der Waals surface area (Å²) in [6.45, 7) is 4.36. The second-order valence-corrected chi connectivity index (χ2v) is 8.39. The molecule has 1 aromatic carbocycles. The largest absolute Gasteiger partial charge is 0.368 e. The average Bonchev–Trinajstić information content (AvgIpc) is 2.94. The first kappa shape index (κ1) is 18.9. The van der Waals surface area contributed by atoms with E-state index in [4.69, 9.17) is 9.29 Å². The zero-order valence-corrected chi connectivity index (χ0v) is 15.8. The quantitative estimate of drug-likeness (QED) is 0.664. The summed E-state index contributed by atoms with van der Waals surface area (Å²) in [6, 6.07) is 6.22. The highest BCUT2D eigenvalue weighted by molar-refractivity contribution is 7.85. The molecule has 142 valence electrons. The number of hydrogen-bond donors (Lipinski definition) is 3. The Hall–Kier alpha value is -1.90. The van der Waals surface area contributed by atoms with Crippen molar-refractivity contribution in [2.24, 2.45) is 0 Å². The third-order valence-corrected chi connectivity index (χ3v) is 5.61. The van der Waals surface area contributed by atoms with E-state index in [2.05, 4.69) is 29.4 Å². The van der Waals surface area contributed by atoms with Crippen LogP contribution < -0.4 is 5.32 Å². The molecule has 0 saturated heterocycles. The van der Waals surface area contributed by atoms with Crippen LogP contribution in [0.3, 0.4) is 0 Å². The minimum Gasteiger partial charge on any atom is -0.368 e. The number of H-pyrrole nitrogens is 1. The molecule has 3 N–H and O–H groups in total. The maximum Gasteiger partial charge on any atom is 0.266 e. The van der Waals surface area contributed by atoms with Crippen LogP contribution in [0.5, 0.6) is 0 Å². The number of nitrogens with one attached hydrogen (secondary N) is 2. The second kappa shape index (κ2) is 7.02. The van der Waals surface area contributed by atoms with Crippen molar-refractivity contribution in [1.29, 1.82) is 0 Å². The topological polar surface area (TPSA) is 108 Å². The van der Waals surface area contributed by atoms with Gasteiger partial charge in [-0.05, 0) is 30.9 Å². The maximum absolute atomic E-state index is 12.3. The van der Waals surface area contributed by atoms with Gasteiger partial charge < -0.3 is 15.0 Å². The molecule has 1 aliphatic heterocycles. The molecule has 3 rings (SSSR count). The lowest BCUT2D eigenvalue weighted by atomic mass is 9.89. The van der Waals surface area contributed by atoms with E-state index in [1.54, 1.807) is 0 Å². The third kappa shape index (κ3) is 3.77. The molecule has 7 nitrogen and oxygen atoms in total. The zero-order valence-electron chi connectivity index (χ0n) is 15.0. The molecule has 2 aromatic rings. The molecule has 1 aliphatic rings. The van der Waals surface area contributed by atoms with Crippen molar-refractivity contribution >= 4 is 26.9 Å². The summed E-state index contributed by atoms with van der Waals surface area (Å²) >= 11 is 0. The van der Waals surface area contributed by atoms with Crippen LogP contribution >= 0.6 is 0 Å². The SMILES string of the molecule is CCc1cccc2c3c([nH]c12)C(C)(CC(=O)NCCS(=O)(=O)O)OCC3. The van der Waals surface area contributed by atoms with E-state index in [0.717, 1.165) is 24.1 Å². The fourth-order valence-corrected chi connectivity index (χ4v) is 3.98. The van der Waals surface area contributed by atoms with Crippen LogP contribution in [0.15, 0.2) is 18.2 Å². The number of benzene rings is 1. The van der Waals surface area contributed by atoms with E-state index < -0.39 is 21.5 Å². The standard InChI is InChI=1S/C18H24N2O5S/c1-3-12-5-4-6-13-14-7-9-25-18(2,17(14)20-16(12)13)11-15(21)19-8-10-26(22,23)24/h4-6,20H,3,7-11H2,1-2H3,(H,19,21)(H,22,23,24). The van der Waals surface area contributed by atoms with E-state index in [1.807, 2.05) is 13.0 Å². The van der Waals surface area contributed by atoms with Gasteiger partial charge in [0.2, 0.25) is 5.91 Å². The lowest BCUT2D eigenvalue weighted by Gasteiger charge is -2.33. The minimum absolute atomic E-state index is 0.0692. The Balaban J connectivity index is 1.85. The van der Waals surface area contributed by atoms with Gasteiger partial charge in [-0.25, -0.2) is 0 Å². The molecule has 0 saturated carbocycles. The van der Waals surface area contributed by atoms with Crippen LogP contribution in [-0.2, 0) is 38.1 Å². The summed E-state index contributed by atoms with van der Waals surface area (Å²) in [5.74, 6) is -0.827. The molecule has 2 heterocycles. The van der Waals surface area contributed by atoms with Gasteiger partial charge in [-0.2, -0.15) is 8.42 Å². The monoisotopic (exact) mass is 380 g/mol. The minimum atomic E-state index is -4.09. The molecule has 0 aliphatic carbocycles. The molecule has 1 amide bonds. The van der Waals surface area contributed by atoms with Crippen molar-refractivity contribution in [1.82, 2.24) is 10.3 Å². The molecule has 0 spiro atoms. The van der Waals surface area contributed by atoms with Crippen molar-refractivity contribution in [3.8, 4) is 0 Å². The average molecular weight is 380 g/mol. The number of aryl methyl sites for hydroxylation is 1. The van der Waals surface area contributed by atoms with Crippen LogP contribution in [0.25, 0.3) is 10.9 Å². The number of para-hydroxylation sites is 1. The normalized spacial score (nSPS) is 20.1. The fraction of sp³-hybridized carbons (Fsp3) is 0.500. The number of carbonyl (C=O) groups excluding carboxylic acids is 1. The van der Waals surface area contributed by atoms with E-state index in [1.165, 1.54) is 16.5 Å². The summed E-state index contributed by atoms with van der Waals surface area (Å²) < 4.78 is 36.2. The lowest BCUT2D eigenvalue weighted by molar-refractivity contribution is -0.130. The fourth-order valence-electron chi connectivity index (χ4n) is 3.62. The number of fused-ring (bicyclic) bond motifs is 3. The van der Waals surface area contributed by atoms with Crippen molar-refractivity contribution in [2.45, 2.75) is 38.7 Å². The van der Waals surface area contributed by atoms with E-state index in [9.17, 15) is 13.2 Å². The number of ether oxygens (including phenoxy) is 1. The van der Waals surface area contributed by atoms with Gasteiger partial charge in [0, 0.05) is 17.4 Å². The van der Waals surface area contributed by atoms with Gasteiger partial charge in [0.05, 0.1) is 24.5 Å². The number of rotatable bonds is 6. The van der Waals surface area contributed by atoms with Crippen LogP contribution in [0.2, 0.25) is 0 Å². The van der Waals surface area contributed by atoms with E-state index in [-0.39, 0.29) is 18.9 Å². The van der Waals surface area contributed by atoms with Gasteiger partial charge in [0.25, 0.3) is 10.1 Å². The molecular weight excluding hydrogens is 356 g/mol. The molecule has 8 heteroatoms. The number of amides is 1. The summed E-state index contributed by atoms with van der Waals surface area (Å²) in [5, 5.41) is 3.69. The van der Waals surface area contributed by atoms with Crippen molar-refractivity contribution in [2.75, 3.05) is 18.9 Å². The summed E-state index contributed by atoms with van der Waals surface area (Å²) in [6.07, 6.45) is 1.76. The third-order valence-electron chi connectivity index (χ3n) is 4.89. The highest BCUT2D eigenvalue weighted by atomic mass is 32.2.